The molecule has 1 unspecified atom stereocenters. The summed E-state index contributed by atoms with van der Waals surface area (Å²) < 4.78 is 16.7. The predicted octanol–water partition coefficient (Wildman–Crippen LogP) is 2.50. The third-order valence-electron chi connectivity index (χ3n) is 2.84. The summed E-state index contributed by atoms with van der Waals surface area (Å²) in [6, 6.07) is 7.22. The van der Waals surface area contributed by atoms with Gasteiger partial charge >= 0.3 is 6.03 Å². The molecule has 0 radical (unpaired) electrons. The number of carbonyl (C=O) groups excluding carboxylic acids is 1. The maximum absolute atomic E-state index is 11.8. The first kappa shape index (κ1) is 17.7. The van der Waals surface area contributed by atoms with Crippen LogP contribution in [0.25, 0.3) is 0 Å². The zero-order chi connectivity index (χ0) is 15.5. The lowest BCUT2D eigenvalue weighted by molar-refractivity contribution is 0.218. The van der Waals surface area contributed by atoms with Crippen molar-refractivity contribution >= 4 is 22.5 Å². The van der Waals surface area contributed by atoms with E-state index in [2.05, 4.69) is 17.6 Å². The molecular formula is C15H24N2O3S. The van der Waals surface area contributed by atoms with Crippen LogP contribution < -0.4 is 10.6 Å². The third-order valence-corrected chi connectivity index (χ3v) is 4.12. The lowest BCUT2D eigenvalue weighted by Crippen LogP contribution is -2.29. The number of ether oxygens (including phenoxy) is 1. The molecule has 1 aromatic rings. The van der Waals surface area contributed by atoms with Gasteiger partial charge in [0.05, 0.1) is 6.61 Å². The molecule has 2 amide bonds. The summed E-state index contributed by atoms with van der Waals surface area (Å²) in [5.74, 6) is 0.988. The Kier molecular flexibility index (Phi) is 8.69. The minimum Gasteiger partial charge on any atom is -0.384 e. The Morgan fingerprint density at radius 1 is 1.38 bits per heavy atom. The minimum absolute atomic E-state index is 0.207. The number of carbonyl (C=O) groups is 1. The molecule has 0 bridgehead atoms. The molecule has 5 nitrogen and oxygen atoms in total. The van der Waals surface area contributed by atoms with Gasteiger partial charge in [0, 0.05) is 41.6 Å². The molecular weight excluding hydrogens is 288 g/mol. The maximum Gasteiger partial charge on any atom is 0.319 e. The molecule has 0 saturated heterocycles. The van der Waals surface area contributed by atoms with E-state index in [1.807, 2.05) is 24.3 Å². The molecule has 1 aromatic carbocycles. The molecule has 21 heavy (non-hydrogen) atoms. The number of anilines is 1. The number of methoxy groups -OCH3 is 1. The van der Waals surface area contributed by atoms with E-state index in [9.17, 15) is 9.00 Å². The zero-order valence-corrected chi connectivity index (χ0v) is 13.5. The largest absolute Gasteiger partial charge is 0.384 e. The molecule has 0 aliphatic rings. The number of rotatable bonds is 9. The maximum atomic E-state index is 11.8. The number of amides is 2. The van der Waals surface area contributed by atoms with E-state index in [1.54, 1.807) is 7.11 Å². The van der Waals surface area contributed by atoms with Crippen LogP contribution in [0.2, 0.25) is 0 Å². The number of urea groups is 1. The molecule has 0 aromatic heterocycles. The van der Waals surface area contributed by atoms with Crippen molar-refractivity contribution < 1.29 is 13.7 Å². The highest BCUT2D eigenvalue weighted by molar-refractivity contribution is 7.84. The molecule has 0 aliphatic carbocycles. The number of unbranched alkanes of at least 4 members (excludes halogenated alkanes) is 1. The van der Waals surface area contributed by atoms with Crippen molar-refractivity contribution in [2.24, 2.45) is 0 Å². The highest BCUT2D eigenvalue weighted by Crippen LogP contribution is 2.12. The van der Waals surface area contributed by atoms with Crippen LogP contribution in [0.15, 0.2) is 24.3 Å². The predicted molar refractivity (Wildman–Crippen MR) is 87.0 cm³/mol. The molecule has 1 atom stereocenters. The molecule has 0 heterocycles. The lowest BCUT2D eigenvalue weighted by atomic mass is 10.2. The van der Waals surface area contributed by atoms with Gasteiger partial charge in [0.15, 0.2) is 0 Å². The highest BCUT2D eigenvalue weighted by Gasteiger charge is 2.05. The van der Waals surface area contributed by atoms with Crippen LogP contribution in [0.1, 0.15) is 25.3 Å². The first-order chi connectivity index (χ1) is 10.2. The van der Waals surface area contributed by atoms with Crippen LogP contribution in [0.3, 0.4) is 0 Å². The smallest absolute Gasteiger partial charge is 0.319 e. The third kappa shape index (κ3) is 7.82. The summed E-state index contributed by atoms with van der Waals surface area (Å²) in [5.41, 5.74) is 1.65. The second-order valence-electron chi connectivity index (χ2n) is 4.72. The highest BCUT2D eigenvalue weighted by atomic mass is 32.2. The Morgan fingerprint density at radius 3 is 2.90 bits per heavy atom. The van der Waals surface area contributed by atoms with Crippen molar-refractivity contribution in [2.75, 3.05) is 31.3 Å². The molecule has 2 N–H and O–H groups in total. The van der Waals surface area contributed by atoms with Gasteiger partial charge in [-0.15, -0.1) is 0 Å². The average Bonchev–Trinajstić information content (AvgIpc) is 2.45. The van der Waals surface area contributed by atoms with Gasteiger partial charge in [-0.1, -0.05) is 25.5 Å². The summed E-state index contributed by atoms with van der Waals surface area (Å²) in [6.45, 7) is 3.24. The van der Waals surface area contributed by atoms with Crippen molar-refractivity contribution in [2.45, 2.75) is 25.5 Å². The van der Waals surface area contributed by atoms with Gasteiger partial charge in [-0.25, -0.2) is 4.79 Å². The molecule has 0 saturated carbocycles. The van der Waals surface area contributed by atoms with Gasteiger partial charge in [-0.05, 0) is 24.1 Å². The topological polar surface area (TPSA) is 67.4 Å². The van der Waals surface area contributed by atoms with E-state index in [1.165, 1.54) is 0 Å². The summed E-state index contributed by atoms with van der Waals surface area (Å²) in [6.07, 6.45) is 2.01. The van der Waals surface area contributed by atoms with E-state index >= 15 is 0 Å². The van der Waals surface area contributed by atoms with Gasteiger partial charge in [0.2, 0.25) is 0 Å². The first-order valence-electron chi connectivity index (χ1n) is 7.13. The molecule has 0 spiro atoms. The van der Waals surface area contributed by atoms with Crippen molar-refractivity contribution in [3.05, 3.63) is 29.8 Å². The molecule has 0 aliphatic heterocycles. The number of benzene rings is 1. The van der Waals surface area contributed by atoms with Crippen molar-refractivity contribution in [1.82, 2.24) is 5.32 Å². The van der Waals surface area contributed by atoms with Gasteiger partial charge in [-0.3, -0.25) is 4.21 Å². The number of hydrogen-bond acceptors (Lipinski definition) is 3. The first-order valence-corrected chi connectivity index (χ1v) is 8.62. The SMILES string of the molecule is CCCCNC(=O)Nc1cccc(CS(=O)CCOC)c1. The van der Waals surface area contributed by atoms with E-state index in [0.717, 1.165) is 18.4 Å². The summed E-state index contributed by atoms with van der Waals surface area (Å²) >= 11 is 0. The summed E-state index contributed by atoms with van der Waals surface area (Å²) in [4.78, 5) is 11.7. The Hall–Kier alpha value is -1.40. The van der Waals surface area contributed by atoms with Crippen LogP contribution in [-0.4, -0.2) is 36.3 Å². The quantitative estimate of drug-likeness (QED) is 0.688. The Balaban J connectivity index is 2.48. The van der Waals surface area contributed by atoms with Gasteiger partial charge < -0.3 is 15.4 Å². The molecule has 118 valence electrons. The van der Waals surface area contributed by atoms with Crippen LogP contribution in [0, 0.1) is 0 Å². The number of hydrogen-bond donors (Lipinski definition) is 2. The average molecular weight is 312 g/mol. The Bertz CT molecular complexity index is 466. The summed E-state index contributed by atoms with van der Waals surface area (Å²) in [7, 11) is 0.645. The number of nitrogens with one attached hydrogen (secondary N) is 2. The molecule has 0 fully saturated rings. The van der Waals surface area contributed by atoms with E-state index in [0.29, 0.717) is 30.3 Å². The van der Waals surface area contributed by atoms with Crippen LogP contribution in [-0.2, 0) is 21.3 Å². The molecule has 6 heteroatoms. The monoisotopic (exact) mass is 312 g/mol. The Labute approximate surface area is 128 Å². The van der Waals surface area contributed by atoms with E-state index < -0.39 is 10.8 Å². The van der Waals surface area contributed by atoms with E-state index in [-0.39, 0.29) is 6.03 Å². The second kappa shape index (κ2) is 10.3. The summed E-state index contributed by atoms with van der Waals surface area (Å²) in [5, 5.41) is 5.58. The lowest BCUT2D eigenvalue weighted by Gasteiger charge is -2.09. The fourth-order valence-corrected chi connectivity index (χ4v) is 2.78. The minimum atomic E-state index is -0.951. The van der Waals surface area contributed by atoms with Crippen LogP contribution in [0.4, 0.5) is 10.5 Å². The van der Waals surface area contributed by atoms with Crippen molar-refractivity contribution in [3.63, 3.8) is 0 Å². The fraction of sp³-hybridized carbons (Fsp3) is 0.533. The second-order valence-corrected chi connectivity index (χ2v) is 6.29. The Morgan fingerprint density at radius 2 is 2.19 bits per heavy atom. The van der Waals surface area contributed by atoms with Crippen LogP contribution in [0.5, 0.6) is 0 Å². The van der Waals surface area contributed by atoms with Crippen molar-refractivity contribution in [1.29, 1.82) is 0 Å². The fourth-order valence-electron chi connectivity index (χ4n) is 1.73. The van der Waals surface area contributed by atoms with Gasteiger partial charge in [-0.2, -0.15) is 0 Å². The van der Waals surface area contributed by atoms with Crippen molar-refractivity contribution in [3.8, 4) is 0 Å². The zero-order valence-electron chi connectivity index (χ0n) is 12.7. The molecule has 1 rings (SSSR count). The standard InChI is InChI=1S/C15H24N2O3S/c1-3-4-8-16-15(18)17-14-7-5-6-13(11-14)12-21(19)10-9-20-2/h5-7,11H,3-4,8-10,12H2,1-2H3,(H2,16,17,18). The van der Waals surface area contributed by atoms with E-state index in [4.69, 9.17) is 4.74 Å². The normalized spacial score (nSPS) is 11.9. The van der Waals surface area contributed by atoms with Gasteiger partial charge in [0.1, 0.15) is 0 Å². The van der Waals surface area contributed by atoms with Crippen LogP contribution >= 0.6 is 0 Å². The van der Waals surface area contributed by atoms with Gasteiger partial charge in [0.25, 0.3) is 0 Å².